The van der Waals surface area contributed by atoms with Crippen LogP contribution in [0, 0.1) is 15.9 Å². The van der Waals surface area contributed by atoms with Gasteiger partial charge in [0.2, 0.25) is 0 Å². The van der Waals surface area contributed by atoms with Crippen molar-refractivity contribution in [1.29, 1.82) is 0 Å². The average Bonchev–Trinajstić information content (AvgIpc) is 3.85. The fourth-order valence-electron chi connectivity index (χ4n) is 4.61. The Balaban J connectivity index is 1.25. The summed E-state index contributed by atoms with van der Waals surface area (Å²) >= 11 is 3.96. The van der Waals surface area contributed by atoms with Crippen molar-refractivity contribution in [3.05, 3.63) is 121 Å². The second-order valence-electron chi connectivity index (χ2n) is 9.49. The van der Waals surface area contributed by atoms with E-state index in [0.29, 0.717) is 28.0 Å². The Morgan fingerprint density at radius 3 is 2.45 bits per heavy atom. The van der Waals surface area contributed by atoms with Crippen molar-refractivity contribution in [2.24, 2.45) is 5.10 Å². The van der Waals surface area contributed by atoms with Gasteiger partial charge in [-0.05, 0) is 52.7 Å². The molecule has 44 heavy (non-hydrogen) atoms. The number of carbonyl (C=O) groups is 2. The van der Waals surface area contributed by atoms with Crippen molar-refractivity contribution in [1.82, 2.24) is 25.1 Å². The Kier molecular flexibility index (Phi) is 8.58. The maximum absolute atomic E-state index is 13.7. The standard InChI is InChI=1S/C29H22FN7O4S3/c30-19-7-5-18(6-8-19)23-15-22(24-3-1-13-42-24)34-36(23)27(38)17-44-29-33-32-26(16-31-28(39)25-4-2-14-43-25)35(29)20-9-11-21(12-10-20)37(40)41/h1-14,23H,15-17H2,(H,31,39)/t23-/m0/s1. The molecule has 1 N–H and O–H groups in total. The van der Waals surface area contributed by atoms with Crippen molar-refractivity contribution in [3.8, 4) is 5.69 Å². The lowest BCUT2D eigenvalue weighted by Gasteiger charge is -2.22. The molecule has 0 radical (unpaired) electrons. The van der Waals surface area contributed by atoms with Crippen molar-refractivity contribution in [3.63, 3.8) is 0 Å². The number of nitrogens with zero attached hydrogens (tertiary/aromatic N) is 6. The number of aromatic nitrogens is 3. The van der Waals surface area contributed by atoms with Crippen molar-refractivity contribution in [2.45, 2.75) is 24.2 Å². The Labute approximate surface area is 262 Å². The third-order valence-electron chi connectivity index (χ3n) is 6.72. The average molecular weight is 648 g/mol. The highest BCUT2D eigenvalue weighted by molar-refractivity contribution is 7.99. The normalized spacial score (nSPS) is 14.4. The number of nitro groups is 1. The van der Waals surface area contributed by atoms with E-state index >= 15 is 0 Å². The molecule has 5 aromatic rings. The highest BCUT2D eigenvalue weighted by atomic mass is 32.2. The molecule has 0 saturated heterocycles. The van der Waals surface area contributed by atoms with Gasteiger partial charge in [-0.2, -0.15) is 5.10 Å². The number of hydrogen-bond donors (Lipinski definition) is 1. The molecule has 0 aliphatic carbocycles. The molecule has 1 aliphatic rings. The second kappa shape index (κ2) is 12.9. The fourth-order valence-corrected chi connectivity index (χ4v) is 6.80. The van der Waals surface area contributed by atoms with E-state index < -0.39 is 11.0 Å². The first-order chi connectivity index (χ1) is 21.4. The Hall–Kier alpha value is -4.73. The molecule has 0 bridgehead atoms. The molecule has 1 aliphatic heterocycles. The van der Waals surface area contributed by atoms with Gasteiger partial charge in [0, 0.05) is 24.2 Å². The van der Waals surface area contributed by atoms with E-state index in [1.807, 2.05) is 17.5 Å². The van der Waals surface area contributed by atoms with Gasteiger partial charge in [0.15, 0.2) is 11.0 Å². The number of nitrogens with one attached hydrogen (secondary N) is 1. The zero-order valence-corrected chi connectivity index (χ0v) is 25.2. The quantitative estimate of drug-likeness (QED) is 0.114. The maximum Gasteiger partial charge on any atom is 0.269 e. The first kappa shape index (κ1) is 29.3. The topological polar surface area (TPSA) is 136 Å². The molecule has 0 fully saturated rings. The van der Waals surface area contributed by atoms with E-state index in [1.54, 1.807) is 46.3 Å². The largest absolute Gasteiger partial charge is 0.344 e. The summed E-state index contributed by atoms with van der Waals surface area (Å²) in [6, 6.07) is 18.8. The number of benzene rings is 2. The lowest BCUT2D eigenvalue weighted by Crippen LogP contribution is -2.28. The maximum atomic E-state index is 13.7. The van der Waals surface area contributed by atoms with E-state index in [1.165, 1.54) is 51.9 Å². The highest BCUT2D eigenvalue weighted by Gasteiger charge is 2.33. The molecular formula is C29H22FN7O4S3. The smallest absolute Gasteiger partial charge is 0.269 e. The number of non-ortho nitro benzene ring substituents is 1. The van der Waals surface area contributed by atoms with Gasteiger partial charge in [-0.3, -0.25) is 24.3 Å². The van der Waals surface area contributed by atoms with E-state index in [-0.39, 0.29) is 35.6 Å². The molecule has 15 heteroatoms. The molecule has 6 rings (SSSR count). The molecule has 222 valence electrons. The first-order valence-corrected chi connectivity index (χ1v) is 15.9. The van der Waals surface area contributed by atoms with Gasteiger partial charge in [-0.25, -0.2) is 9.40 Å². The molecule has 4 heterocycles. The Morgan fingerprint density at radius 2 is 1.77 bits per heavy atom. The van der Waals surface area contributed by atoms with Crippen LogP contribution < -0.4 is 5.32 Å². The zero-order valence-electron chi connectivity index (χ0n) is 22.7. The van der Waals surface area contributed by atoms with Gasteiger partial charge in [0.05, 0.1) is 38.7 Å². The summed E-state index contributed by atoms with van der Waals surface area (Å²) in [6.45, 7) is 0.0302. The molecule has 0 unspecified atom stereocenters. The van der Waals surface area contributed by atoms with Gasteiger partial charge in [0.1, 0.15) is 5.82 Å². The van der Waals surface area contributed by atoms with Crippen LogP contribution in [-0.4, -0.2) is 48.0 Å². The minimum atomic E-state index is -0.495. The summed E-state index contributed by atoms with van der Waals surface area (Å²) in [7, 11) is 0. The number of carbonyl (C=O) groups excluding carboxylic acids is 2. The van der Waals surface area contributed by atoms with Gasteiger partial charge in [-0.1, -0.05) is 36.0 Å². The van der Waals surface area contributed by atoms with Crippen LogP contribution in [0.1, 0.15) is 38.4 Å². The van der Waals surface area contributed by atoms with Gasteiger partial charge >= 0.3 is 0 Å². The van der Waals surface area contributed by atoms with E-state index in [0.717, 1.165) is 27.9 Å². The van der Waals surface area contributed by atoms with Crippen LogP contribution in [0.3, 0.4) is 0 Å². The molecule has 2 aromatic carbocycles. The van der Waals surface area contributed by atoms with E-state index in [9.17, 15) is 24.1 Å². The summed E-state index contributed by atoms with van der Waals surface area (Å²) in [4.78, 5) is 38.4. The molecule has 1 atom stereocenters. The van der Waals surface area contributed by atoms with Crippen LogP contribution in [0.4, 0.5) is 10.1 Å². The van der Waals surface area contributed by atoms with Gasteiger partial charge in [-0.15, -0.1) is 32.9 Å². The molecule has 0 saturated carbocycles. The second-order valence-corrected chi connectivity index (χ2v) is 12.3. The van der Waals surface area contributed by atoms with Crippen LogP contribution in [0.15, 0.2) is 93.8 Å². The predicted molar refractivity (Wildman–Crippen MR) is 166 cm³/mol. The molecule has 2 amide bonds. The number of hydrazone groups is 1. The number of thioether (sulfide) groups is 1. The van der Waals surface area contributed by atoms with E-state index in [4.69, 9.17) is 0 Å². The van der Waals surface area contributed by atoms with Crippen LogP contribution in [-0.2, 0) is 11.3 Å². The van der Waals surface area contributed by atoms with E-state index in [2.05, 4.69) is 20.6 Å². The van der Waals surface area contributed by atoms with Gasteiger partial charge < -0.3 is 5.32 Å². The summed E-state index contributed by atoms with van der Waals surface area (Å²) in [5.41, 5.74) is 1.97. The zero-order chi connectivity index (χ0) is 30.6. The van der Waals surface area contributed by atoms with Crippen LogP contribution >= 0.6 is 34.4 Å². The SMILES string of the molecule is O=C(NCc1nnc(SCC(=O)N2N=C(c3cccs3)C[C@H]2c2ccc(F)cc2)n1-c1ccc([N+](=O)[O-])cc1)c1cccs1. The first-order valence-electron chi connectivity index (χ1n) is 13.2. The summed E-state index contributed by atoms with van der Waals surface area (Å²) in [5.74, 6) is -0.606. The minimum absolute atomic E-state index is 0.0302. The minimum Gasteiger partial charge on any atom is -0.344 e. The highest BCUT2D eigenvalue weighted by Crippen LogP contribution is 2.35. The molecule has 3 aromatic heterocycles. The molecular weight excluding hydrogens is 626 g/mol. The summed E-state index contributed by atoms with van der Waals surface area (Å²) < 4.78 is 15.3. The van der Waals surface area contributed by atoms with Crippen molar-refractivity contribution >= 4 is 57.6 Å². The lowest BCUT2D eigenvalue weighted by molar-refractivity contribution is -0.384. The summed E-state index contributed by atoms with van der Waals surface area (Å²) in [5, 5.41) is 32.8. The summed E-state index contributed by atoms with van der Waals surface area (Å²) in [6.07, 6.45) is 0.482. The van der Waals surface area contributed by atoms with Crippen LogP contribution in [0.25, 0.3) is 5.69 Å². The Bertz CT molecular complexity index is 1820. The Morgan fingerprint density at radius 1 is 1.02 bits per heavy atom. The predicted octanol–water partition coefficient (Wildman–Crippen LogP) is 5.84. The third kappa shape index (κ3) is 6.29. The number of hydrogen-bond acceptors (Lipinski definition) is 10. The molecule has 0 spiro atoms. The van der Waals surface area contributed by atoms with Crippen LogP contribution in [0.5, 0.6) is 0 Å². The number of thiophene rings is 2. The number of halogens is 1. The fraction of sp³-hybridized carbons (Fsp3) is 0.138. The third-order valence-corrected chi connectivity index (χ3v) is 9.42. The number of rotatable bonds is 10. The van der Waals surface area contributed by atoms with Crippen molar-refractivity contribution < 1.29 is 18.9 Å². The monoisotopic (exact) mass is 647 g/mol. The number of nitro benzene ring substituents is 1. The molecule has 11 nitrogen and oxygen atoms in total. The number of amides is 2. The van der Waals surface area contributed by atoms with Crippen molar-refractivity contribution in [2.75, 3.05) is 5.75 Å². The lowest BCUT2D eigenvalue weighted by atomic mass is 10.0. The van der Waals surface area contributed by atoms with Gasteiger partial charge in [0.25, 0.3) is 17.5 Å². The van der Waals surface area contributed by atoms with Crippen LogP contribution in [0.2, 0.25) is 0 Å².